The lowest BCUT2D eigenvalue weighted by molar-refractivity contribution is -0.144. The number of carbonyl (C=O) groups is 1. The fraction of sp³-hybridized carbons (Fsp3) is 0.562. The van der Waals surface area contributed by atoms with Crippen molar-refractivity contribution in [1.29, 1.82) is 0 Å². The average molecular weight is 294 g/mol. The third-order valence-corrected chi connectivity index (χ3v) is 3.42. The van der Waals surface area contributed by atoms with E-state index in [1.807, 2.05) is 30.3 Å². The van der Waals surface area contributed by atoms with Crippen molar-refractivity contribution in [1.82, 2.24) is 10.4 Å². The lowest BCUT2D eigenvalue weighted by Gasteiger charge is -2.18. The van der Waals surface area contributed by atoms with Gasteiger partial charge >= 0.3 is 5.97 Å². The minimum absolute atomic E-state index is 0.409. The smallest absolute Gasteiger partial charge is 0.323 e. The lowest BCUT2D eigenvalue weighted by Crippen LogP contribution is -2.39. The Bertz CT molecular complexity index is 394. The predicted molar refractivity (Wildman–Crippen MR) is 83.1 cm³/mol. The molecule has 0 bridgehead atoms. The number of rotatable bonds is 11. The van der Waals surface area contributed by atoms with E-state index in [9.17, 15) is 9.90 Å². The van der Waals surface area contributed by atoms with Gasteiger partial charge in [-0.15, -0.1) is 0 Å². The van der Waals surface area contributed by atoms with Crippen LogP contribution in [0.1, 0.15) is 25.8 Å². The molecule has 21 heavy (non-hydrogen) atoms. The molecule has 0 fully saturated rings. The summed E-state index contributed by atoms with van der Waals surface area (Å²) in [6.07, 6.45) is 1.29. The Morgan fingerprint density at radius 1 is 1.29 bits per heavy atom. The summed E-state index contributed by atoms with van der Waals surface area (Å²) in [6.45, 7) is 7.78. The Morgan fingerprint density at radius 2 is 1.95 bits per heavy atom. The SMILES string of the molecule is CCN(CC)CCCON[C@@H](Cc1ccccc1)C(=O)O. The first-order chi connectivity index (χ1) is 10.2. The minimum atomic E-state index is -0.900. The highest BCUT2D eigenvalue weighted by Gasteiger charge is 2.17. The van der Waals surface area contributed by atoms with Crippen LogP contribution >= 0.6 is 0 Å². The third kappa shape index (κ3) is 7.22. The largest absolute Gasteiger partial charge is 0.480 e. The van der Waals surface area contributed by atoms with Crippen molar-refractivity contribution in [3.63, 3.8) is 0 Å². The van der Waals surface area contributed by atoms with E-state index in [0.29, 0.717) is 13.0 Å². The zero-order valence-corrected chi connectivity index (χ0v) is 12.9. The maximum absolute atomic E-state index is 11.2. The van der Waals surface area contributed by atoms with E-state index < -0.39 is 12.0 Å². The maximum atomic E-state index is 11.2. The molecule has 1 atom stereocenters. The van der Waals surface area contributed by atoms with Gasteiger partial charge < -0.3 is 14.8 Å². The molecular formula is C16H26N2O3. The number of hydrogen-bond acceptors (Lipinski definition) is 4. The molecule has 0 heterocycles. The predicted octanol–water partition coefficient (Wildman–Crippen LogP) is 1.94. The molecule has 5 heteroatoms. The van der Waals surface area contributed by atoms with Crippen LogP contribution in [0.4, 0.5) is 0 Å². The second-order valence-electron chi connectivity index (χ2n) is 4.93. The summed E-state index contributed by atoms with van der Waals surface area (Å²) in [6, 6.07) is 8.82. The minimum Gasteiger partial charge on any atom is -0.480 e. The standard InChI is InChI=1S/C16H26N2O3/c1-3-18(4-2)11-8-12-21-17-15(16(19)20)13-14-9-6-5-7-10-14/h5-7,9-10,15,17H,3-4,8,11-13H2,1-2H3,(H,19,20)/t15-/m0/s1. The van der Waals surface area contributed by atoms with E-state index in [1.165, 1.54) is 0 Å². The first-order valence-corrected chi connectivity index (χ1v) is 7.53. The highest BCUT2D eigenvalue weighted by molar-refractivity contribution is 5.73. The number of carboxylic acids is 1. The number of nitrogens with one attached hydrogen (secondary N) is 1. The highest BCUT2D eigenvalue weighted by Crippen LogP contribution is 2.03. The van der Waals surface area contributed by atoms with Crippen LogP contribution in [0.5, 0.6) is 0 Å². The van der Waals surface area contributed by atoms with E-state index in [4.69, 9.17) is 4.84 Å². The molecule has 0 aliphatic carbocycles. The third-order valence-electron chi connectivity index (χ3n) is 3.42. The van der Waals surface area contributed by atoms with Gasteiger partial charge in [0.05, 0.1) is 6.61 Å². The maximum Gasteiger partial charge on any atom is 0.323 e. The van der Waals surface area contributed by atoms with Crippen LogP contribution < -0.4 is 5.48 Å². The molecule has 0 unspecified atom stereocenters. The van der Waals surface area contributed by atoms with Crippen molar-refractivity contribution in [2.45, 2.75) is 32.7 Å². The first kappa shape index (κ1) is 17.6. The van der Waals surface area contributed by atoms with Crippen molar-refractivity contribution in [2.75, 3.05) is 26.2 Å². The quantitative estimate of drug-likeness (QED) is 0.482. The van der Waals surface area contributed by atoms with Crippen LogP contribution in [0.3, 0.4) is 0 Å². The number of benzene rings is 1. The molecule has 0 amide bonds. The Labute approximate surface area is 126 Å². The normalized spacial score (nSPS) is 12.5. The van der Waals surface area contributed by atoms with Gasteiger partial charge in [0.1, 0.15) is 6.04 Å². The summed E-state index contributed by atoms with van der Waals surface area (Å²) in [7, 11) is 0. The number of nitrogens with zero attached hydrogens (tertiary/aromatic N) is 1. The van der Waals surface area contributed by atoms with Crippen LogP contribution in [-0.2, 0) is 16.1 Å². The van der Waals surface area contributed by atoms with Crippen molar-refractivity contribution < 1.29 is 14.7 Å². The number of carboxylic acid groups (broad SMARTS) is 1. The van der Waals surface area contributed by atoms with Crippen molar-refractivity contribution >= 4 is 5.97 Å². The summed E-state index contributed by atoms with van der Waals surface area (Å²) in [5.41, 5.74) is 3.64. The highest BCUT2D eigenvalue weighted by atomic mass is 16.6. The zero-order valence-electron chi connectivity index (χ0n) is 12.9. The molecule has 0 spiro atoms. The second kappa shape index (κ2) is 10.3. The van der Waals surface area contributed by atoms with Crippen molar-refractivity contribution in [2.24, 2.45) is 0 Å². The van der Waals surface area contributed by atoms with Gasteiger partial charge in [-0.05, 0) is 25.1 Å². The molecule has 2 N–H and O–H groups in total. The van der Waals surface area contributed by atoms with Crippen LogP contribution in [0.25, 0.3) is 0 Å². The van der Waals surface area contributed by atoms with Crippen molar-refractivity contribution in [3.8, 4) is 0 Å². The van der Waals surface area contributed by atoms with Gasteiger partial charge in [-0.3, -0.25) is 4.79 Å². The van der Waals surface area contributed by atoms with E-state index in [0.717, 1.165) is 31.6 Å². The fourth-order valence-corrected chi connectivity index (χ4v) is 2.09. The summed E-state index contributed by atoms with van der Waals surface area (Å²) in [5, 5.41) is 9.20. The van der Waals surface area contributed by atoms with E-state index in [-0.39, 0.29) is 0 Å². The van der Waals surface area contributed by atoms with E-state index in [2.05, 4.69) is 24.2 Å². The molecule has 1 aromatic rings. The van der Waals surface area contributed by atoms with Gasteiger partial charge in [0.15, 0.2) is 0 Å². The Kier molecular flexibility index (Phi) is 8.66. The van der Waals surface area contributed by atoms with Gasteiger partial charge in [0.25, 0.3) is 0 Å². The summed E-state index contributed by atoms with van der Waals surface area (Å²) in [4.78, 5) is 18.8. The molecule has 0 saturated carbocycles. The van der Waals surface area contributed by atoms with Gasteiger partial charge in [-0.1, -0.05) is 44.2 Å². The van der Waals surface area contributed by atoms with E-state index in [1.54, 1.807) is 0 Å². The fourth-order valence-electron chi connectivity index (χ4n) is 2.09. The molecule has 0 aliphatic heterocycles. The Hall–Kier alpha value is -1.43. The van der Waals surface area contributed by atoms with Gasteiger partial charge in [-0.2, -0.15) is 5.48 Å². The first-order valence-electron chi connectivity index (χ1n) is 7.53. The Balaban J connectivity index is 2.27. The summed E-state index contributed by atoms with van der Waals surface area (Å²) >= 11 is 0. The monoisotopic (exact) mass is 294 g/mol. The molecule has 0 aliphatic rings. The molecule has 1 rings (SSSR count). The molecule has 0 aromatic heterocycles. The summed E-state index contributed by atoms with van der Waals surface area (Å²) in [5.74, 6) is -0.900. The number of aliphatic carboxylic acids is 1. The van der Waals surface area contributed by atoms with Crippen LogP contribution in [0, 0.1) is 0 Å². The second-order valence-corrected chi connectivity index (χ2v) is 4.93. The van der Waals surface area contributed by atoms with Crippen molar-refractivity contribution in [3.05, 3.63) is 35.9 Å². The van der Waals surface area contributed by atoms with Gasteiger partial charge in [0.2, 0.25) is 0 Å². The molecule has 118 valence electrons. The van der Waals surface area contributed by atoms with Gasteiger partial charge in [0, 0.05) is 13.0 Å². The van der Waals surface area contributed by atoms with Crippen LogP contribution in [0.15, 0.2) is 30.3 Å². The van der Waals surface area contributed by atoms with Gasteiger partial charge in [-0.25, -0.2) is 0 Å². The zero-order chi connectivity index (χ0) is 15.5. The topological polar surface area (TPSA) is 61.8 Å². The molecule has 5 nitrogen and oxygen atoms in total. The summed E-state index contributed by atoms with van der Waals surface area (Å²) < 4.78 is 0. The number of hydrogen-bond donors (Lipinski definition) is 2. The molecular weight excluding hydrogens is 268 g/mol. The molecule has 1 aromatic carbocycles. The average Bonchev–Trinajstić information content (AvgIpc) is 2.50. The lowest BCUT2D eigenvalue weighted by atomic mass is 10.1. The van der Waals surface area contributed by atoms with Crippen LogP contribution in [0.2, 0.25) is 0 Å². The van der Waals surface area contributed by atoms with E-state index >= 15 is 0 Å². The molecule has 0 saturated heterocycles. The van der Waals surface area contributed by atoms with Crippen LogP contribution in [-0.4, -0.2) is 48.3 Å². The number of hydroxylamine groups is 1. The Morgan fingerprint density at radius 3 is 2.52 bits per heavy atom. The molecule has 0 radical (unpaired) electrons.